The summed E-state index contributed by atoms with van der Waals surface area (Å²) in [6.07, 6.45) is 0.488. The summed E-state index contributed by atoms with van der Waals surface area (Å²) in [6.45, 7) is 5.33. The van der Waals surface area contributed by atoms with Crippen LogP contribution < -0.4 is 16.0 Å². The van der Waals surface area contributed by atoms with Gasteiger partial charge in [0, 0.05) is 18.3 Å². The van der Waals surface area contributed by atoms with Crippen LogP contribution in [0.15, 0.2) is 24.3 Å². The Morgan fingerprint density at radius 2 is 1.57 bits per heavy atom. The Morgan fingerprint density at radius 3 is 2.00 bits per heavy atom. The second-order valence-corrected chi connectivity index (χ2v) is 5.56. The lowest BCUT2D eigenvalue weighted by Crippen LogP contribution is -2.44. The molecule has 0 saturated carbocycles. The number of carbonyl (C=O) groups excluding carboxylic acids is 3. The van der Waals surface area contributed by atoms with Crippen molar-refractivity contribution >= 4 is 29.3 Å². The van der Waals surface area contributed by atoms with Crippen LogP contribution in [0, 0.1) is 5.92 Å². The predicted octanol–water partition coefficient (Wildman–Crippen LogP) is 2.35. The monoisotopic (exact) mass is 321 g/mol. The van der Waals surface area contributed by atoms with Gasteiger partial charge >= 0.3 is 12.0 Å². The summed E-state index contributed by atoms with van der Waals surface area (Å²) in [7, 11) is 1.29. The zero-order valence-corrected chi connectivity index (χ0v) is 13.8. The quantitative estimate of drug-likeness (QED) is 0.701. The lowest BCUT2D eigenvalue weighted by molar-refractivity contribution is -0.143. The van der Waals surface area contributed by atoms with Gasteiger partial charge in [0.2, 0.25) is 5.91 Å². The molecule has 7 nitrogen and oxygen atoms in total. The predicted molar refractivity (Wildman–Crippen MR) is 88.2 cm³/mol. The number of anilines is 2. The normalized spacial score (nSPS) is 11.5. The molecule has 0 aliphatic rings. The molecule has 0 aliphatic carbocycles. The van der Waals surface area contributed by atoms with Crippen molar-refractivity contribution in [1.29, 1.82) is 0 Å². The number of carbonyl (C=O) groups is 3. The molecule has 1 rings (SSSR count). The highest BCUT2D eigenvalue weighted by molar-refractivity contribution is 5.93. The van der Waals surface area contributed by atoms with E-state index in [4.69, 9.17) is 4.74 Å². The van der Waals surface area contributed by atoms with E-state index in [9.17, 15) is 14.4 Å². The smallest absolute Gasteiger partial charge is 0.328 e. The summed E-state index contributed by atoms with van der Waals surface area (Å²) in [4.78, 5) is 34.6. The van der Waals surface area contributed by atoms with Gasteiger partial charge in [0.25, 0.3) is 0 Å². The van der Waals surface area contributed by atoms with E-state index >= 15 is 0 Å². The Balaban J connectivity index is 2.63. The van der Waals surface area contributed by atoms with E-state index in [1.165, 1.54) is 14.0 Å². The van der Waals surface area contributed by atoms with E-state index in [2.05, 4.69) is 16.0 Å². The molecule has 1 atom stereocenters. The van der Waals surface area contributed by atoms with Gasteiger partial charge in [-0.25, -0.2) is 9.59 Å². The number of benzene rings is 1. The topological polar surface area (TPSA) is 96.5 Å². The number of nitrogens with one attached hydrogen (secondary N) is 3. The van der Waals surface area contributed by atoms with E-state index in [0.717, 1.165) is 0 Å². The largest absolute Gasteiger partial charge is 0.467 e. The molecule has 0 fully saturated rings. The van der Waals surface area contributed by atoms with Gasteiger partial charge in [0.05, 0.1) is 7.11 Å². The fourth-order valence-electron chi connectivity index (χ4n) is 1.99. The Bertz CT molecular complexity index is 555. The van der Waals surface area contributed by atoms with Crippen LogP contribution in [-0.4, -0.2) is 31.1 Å². The maximum Gasteiger partial charge on any atom is 0.328 e. The molecule has 0 bridgehead atoms. The van der Waals surface area contributed by atoms with Crippen molar-refractivity contribution < 1.29 is 19.1 Å². The van der Waals surface area contributed by atoms with Crippen LogP contribution in [0.1, 0.15) is 27.2 Å². The minimum atomic E-state index is -0.696. The molecule has 1 aromatic rings. The first-order valence-corrected chi connectivity index (χ1v) is 7.34. The van der Waals surface area contributed by atoms with Gasteiger partial charge in [0.1, 0.15) is 6.04 Å². The molecular weight excluding hydrogens is 298 g/mol. The number of amides is 3. The highest BCUT2D eigenvalue weighted by atomic mass is 16.5. The van der Waals surface area contributed by atoms with Crippen LogP contribution in [0.4, 0.5) is 16.2 Å². The number of hydrogen-bond acceptors (Lipinski definition) is 4. The van der Waals surface area contributed by atoms with E-state index in [0.29, 0.717) is 17.8 Å². The second kappa shape index (κ2) is 8.77. The van der Waals surface area contributed by atoms with Crippen molar-refractivity contribution in [1.82, 2.24) is 5.32 Å². The van der Waals surface area contributed by atoms with E-state index in [1.54, 1.807) is 24.3 Å². The van der Waals surface area contributed by atoms with Gasteiger partial charge in [-0.2, -0.15) is 0 Å². The van der Waals surface area contributed by atoms with Crippen LogP contribution in [0.3, 0.4) is 0 Å². The first kappa shape index (κ1) is 18.5. The lowest BCUT2D eigenvalue weighted by Gasteiger charge is -2.18. The standard InChI is InChI=1S/C16H23N3O4/c1-10(2)9-14(15(21)23-4)19-16(22)18-13-7-5-12(6-8-13)17-11(3)20/h5-8,10,14H,9H2,1-4H3,(H,17,20)(H2,18,19,22)/t14-/m0/s1. The highest BCUT2D eigenvalue weighted by Crippen LogP contribution is 2.13. The van der Waals surface area contributed by atoms with Crippen molar-refractivity contribution in [3.05, 3.63) is 24.3 Å². The Morgan fingerprint density at radius 1 is 1.04 bits per heavy atom. The van der Waals surface area contributed by atoms with Crippen molar-refractivity contribution in [2.75, 3.05) is 17.7 Å². The van der Waals surface area contributed by atoms with Crippen LogP contribution >= 0.6 is 0 Å². The highest BCUT2D eigenvalue weighted by Gasteiger charge is 2.22. The second-order valence-electron chi connectivity index (χ2n) is 5.56. The molecule has 0 heterocycles. The first-order valence-electron chi connectivity index (χ1n) is 7.34. The zero-order chi connectivity index (χ0) is 17.4. The summed E-state index contributed by atoms with van der Waals surface area (Å²) in [5.74, 6) is -0.413. The summed E-state index contributed by atoms with van der Waals surface area (Å²) >= 11 is 0. The van der Waals surface area contributed by atoms with Crippen molar-refractivity contribution in [2.24, 2.45) is 5.92 Å². The summed E-state index contributed by atoms with van der Waals surface area (Å²) in [5.41, 5.74) is 1.18. The third-order valence-corrected chi connectivity index (χ3v) is 2.96. The van der Waals surface area contributed by atoms with Crippen LogP contribution in [0.5, 0.6) is 0 Å². The number of rotatable bonds is 6. The zero-order valence-electron chi connectivity index (χ0n) is 13.8. The van der Waals surface area contributed by atoms with Crippen LogP contribution in [0.2, 0.25) is 0 Å². The number of ether oxygens (including phenoxy) is 1. The van der Waals surface area contributed by atoms with Crippen molar-refractivity contribution in [3.8, 4) is 0 Å². The lowest BCUT2D eigenvalue weighted by atomic mass is 10.0. The molecule has 126 valence electrons. The number of esters is 1. The fraction of sp³-hybridized carbons (Fsp3) is 0.438. The number of hydrogen-bond donors (Lipinski definition) is 3. The van der Waals surface area contributed by atoms with Gasteiger partial charge < -0.3 is 20.7 Å². The molecule has 7 heteroatoms. The van der Waals surface area contributed by atoms with E-state index in [-0.39, 0.29) is 11.8 Å². The summed E-state index contributed by atoms with van der Waals surface area (Å²) in [5, 5.41) is 7.87. The van der Waals surface area contributed by atoms with Crippen molar-refractivity contribution in [3.63, 3.8) is 0 Å². The number of urea groups is 1. The van der Waals surface area contributed by atoms with Gasteiger partial charge in [0.15, 0.2) is 0 Å². The maximum atomic E-state index is 12.0. The Kier molecular flexibility index (Phi) is 7.05. The minimum Gasteiger partial charge on any atom is -0.467 e. The average Bonchev–Trinajstić information content (AvgIpc) is 2.46. The summed E-state index contributed by atoms with van der Waals surface area (Å²) < 4.78 is 4.70. The molecule has 0 spiro atoms. The number of methoxy groups -OCH3 is 1. The summed E-state index contributed by atoms with van der Waals surface area (Å²) in [6, 6.07) is 5.46. The van der Waals surface area contributed by atoms with Gasteiger partial charge in [-0.05, 0) is 36.6 Å². The molecule has 1 aromatic carbocycles. The molecular formula is C16H23N3O4. The molecule has 0 radical (unpaired) electrons. The van der Waals surface area contributed by atoms with Crippen LogP contribution in [-0.2, 0) is 14.3 Å². The molecule has 0 aromatic heterocycles. The Hall–Kier alpha value is -2.57. The Labute approximate surface area is 135 Å². The average molecular weight is 321 g/mol. The molecule has 3 N–H and O–H groups in total. The van der Waals surface area contributed by atoms with Gasteiger partial charge in [-0.1, -0.05) is 13.8 Å². The molecule has 0 unspecified atom stereocenters. The molecule has 0 saturated heterocycles. The maximum absolute atomic E-state index is 12.0. The van der Waals surface area contributed by atoms with Gasteiger partial charge in [-0.3, -0.25) is 4.79 Å². The third-order valence-electron chi connectivity index (χ3n) is 2.96. The van der Waals surface area contributed by atoms with Crippen LogP contribution in [0.25, 0.3) is 0 Å². The minimum absolute atomic E-state index is 0.168. The third kappa shape index (κ3) is 6.82. The van der Waals surface area contributed by atoms with E-state index in [1.807, 2.05) is 13.8 Å². The molecule has 23 heavy (non-hydrogen) atoms. The molecule has 3 amide bonds. The van der Waals surface area contributed by atoms with Crippen molar-refractivity contribution in [2.45, 2.75) is 33.2 Å². The van der Waals surface area contributed by atoms with Gasteiger partial charge in [-0.15, -0.1) is 0 Å². The molecule has 0 aliphatic heterocycles. The fourth-order valence-corrected chi connectivity index (χ4v) is 1.99. The first-order chi connectivity index (χ1) is 10.8. The van der Waals surface area contributed by atoms with E-state index < -0.39 is 18.0 Å². The SMILES string of the molecule is COC(=O)[C@H](CC(C)C)NC(=O)Nc1ccc(NC(C)=O)cc1.